The molecule has 1 aliphatic carbocycles. The third kappa shape index (κ3) is 4.19. The van der Waals surface area contributed by atoms with Crippen LogP contribution in [0.5, 0.6) is 0 Å². The van der Waals surface area contributed by atoms with Gasteiger partial charge in [-0.05, 0) is 43.1 Å². The van der Waals surface area contributed by atoms with E-state index in [4.69, 9.17) is 5.73 Å². The summed E-state index contributed by atoms with van der Waals surface area (Å²) in [7, 11) is 0. The first-order chi connectivity index (χ1) is 8.78. The largest absolute Gasteiger partial charge is 0.329 e. The van der Waals surface area contributed by atoms with E-state index < -0.39 is 0 Å². The fourth-order valence-corrected chi connectivity index (χ4v) is 4.39. The molecule has 3 atom stereocenters. The van der Waals surface area contributed by atoms with E-state index in [1.54, 1.807) is 0 Å². The minimum atomic E-state index is 0.235. The van der Waals surface area contributed by atoms with Crippen molar-refractivity contribution in [1.82, 2.24) is 4.90 Å². The highest BCUT2D eigenvalue weighted by atomic mass is 15.2. The smallest absolute Gasteiger partial charge is 0.0339 e. The van der Waals surface area contributed by atoms with E-state index in [1.165, 1.54) is 32.2 Å². The molecule has 0 saturated heterocycles. The molecule has 0 amide bonds. The van der Waals surface area contributed by atoms with Crippen molar-refractivity contribution in [2.45, 2.75) is 72.8 Å². The third-order valence-electron chi connectivity index (χ3n) is 5.10. The Morgan fingerprint density at radius 3 is 2.32 bits per heavy atom. The Hall–Kier alpha value is -0.0800. The molecule has 0 heterocycles. The summed E-state index contributed by atoms with van der Waals surface area (Å²) in [6.45, 7) is 17.3. The van der Waals surface area contributed by atoms with E-state index in [-0.39, 0.29) is 5.54 Å². The number of hydrogen-bond acceptors (Lipinski definition) is 2. The van der Waals surface area contributed by atoms with E-state index in [2.05, 4.69) is 46.4 Å². The van der Waals surface area contributed by atoms with Gasteiger partial charge in [0, 0.05) is 18.6 Å². The Labute approximate surface area is 121 Å². The van der Waals surface area contributed by atoms with Gasteiger partial charge in [-0.1, -0.05) is 48.0 Å². The Bertz CT molecular complexity index is 274. The first kappa shape index (κ1) is 17.0. The van der Waals surface area contributed by atoms with Crippen LogP contribution in [0.1, 0.15) is 67.2 Å². The third-order valence-corrected chi connectivity index (χ3v) is 5.10. The fraction of sp³-hybridized carbons (Fsp3) is 1.00. The molecule has 0 radical (unpaired) electrons. The zero-order valence-electron chi connectivity index (χ0n) is 14.1. The van der Waals surface area contributed by atoms with E-state index in [9.17, 15) is 0 Å². The van der Waals surface area contributed by atoms with Crippen LogP contribution in [0.15, 0.2) is 0 Å². The highest BCUT2D eigenvalue weighted by Crippen LogP contribution is 2.46. The number of nitrogens with zero attached hydrogens (tertiary/aromatic N) is 1. The van der Waals surface area contributed by atoms with Gasteiger partial charge in [-0.15, -0.1) is 0 Å². The van der Waals surface area contributed by atoms with Gasteiger partial charge in [0.2, 0.25) is 0 Å². The first-order valence-electron chi connectivity index (χ1n) is 8.23. The molecule has 114 valence electrons. The van der Waals surface area contributed by atoms with Crippen LogP contribution >= 0.6 is 0 Å². The second-order valence-corrected chi connectivity index (χ2v) is 7.83. The van der Waals surface area contributed by atoms with E-state index in [0.29, 0.717) is 5.41 Å². The summed E-state index contributed by atoms with van der Waals surface area (Å²) < 4.78 is 0. The Balaban J connectivity index is 2.92. The zero-order chi connectivity index (χ0) is 14.7. The summed E-state index contributed by atoms with van der Waals surface area (Å²) in [6.07, 6.45) is 5.13. The van der Waals surface area contributed by atoms with Gasteiger partial charge in [-0.3, -0.25) is 4.90 Å². The zero-order valence-corrected chi connectivity index (χ0v) is 14.1. The molecule has 1 saturated carbocycles. The van der Waals surface area contributed by atoms with Crippen LogP contribution < -0.4 is 5.73 Å². The van der Waals surface area contributed by atoms with Crippen molar-refractivity contribution in [3.05, 3.63) is 0 Å². The van der Waals surface area contributed by atoms with Crippen LogP contribution in [0.25, 0.3) is 0 Å². The van der Waals surface area contributed by atoms with Gasteiger partial charge >= 0.3 is 0 Å². The molecule has 0 aromatic carbocycles. The maximum atomic E-state index is 6.27. The van der Waals surface area contributed by atoms with Gasteiger partial charge < -0.3 is 5.73 Å². The van der Waals surface area contributed by atoms with Crippen LogP contribution in [-0.2, 0) is 0 Å². The molecule has 0 spiro atoms. The SMILES string of the molecule is CCC(C)CN(CC)C1(CN)CC(C)CC(C)(C)C1. The van der Waals surface area contributed by atoms with Crippen LogP contribution in [0.4, 0.5) is 0 Å². The Morgan fingerprint density at radius 1 is 1.26 bits per heavy atom. The number of hydrogen-bond donors (Lipinski definition) is 1. The Morgan fingerprint density at radius 2 is 1.89 bits per heavy atom. The Kier molecular flexibility index (Phi) is 5.88. The molecule has 2 N–H and O–H groups in total. The molecule has 0 aromatic heterocycles. The molecular weight excluding hydrogens is 232 g/mol. The van der Waals surface area contributed by atoms with Crippen LogP contribution in [-0.4, -0.2) is 30.1 Å². The van der Waals surface area contributed by atoms with Crippen molar-refractivity contribution in [1.29, 1.82) is 0 Å². The summed E-state index contributed by atoms with van der Waals surface area (Å²) in [5.74, 6) is 1.56. The van der Waals surface area contributed by atoms with Gasteiger partial charge in [0.05, 0.1) is 0 Å². The quantitative estimate of drug-likeness (QED) is 0.791. The molecular formula is C17H36N2. The monoisotopic (exact) mass is 268 g/mol. The minimum absolute atomic E-state index is 0.235. The lowest BCUT2D eigenvalue weighted by molar-refractivity contribution is -0.0160. The molecule has 1 aliphatic rings. The van der Waals surface area contributed by atoms with Crippen molar-refractivity contribution in [3.63, 3.8) is 0 Å². The second kappa shape index (κ2) is 6.58. The standard InChI is InChI=1S/C17H36N2/c1-7-14(3)11-19(8-2)17(13-18)10-15(4)9-16(5,6)12-17/h14-15H,7-13,18H2,1-6H3. The highest BCUT2D eigenvalue weighted by molar-refractivity contribution is 5.01. The second-order valence-electron chi connectivity index (χ2n) is 7.83. The van der Waals surface area contributed by atoms with Gasteiger partial charge in [0.15, 0.2) is 0 Å². The van der Waals surface area contributed by atoms with Crippen molar-refractivity contribution in [2.75, 3.05) is 19.6 Å². The molecule has 2 heteroatoms. The predicted octanol–water partition coefficient (Wildman–Crippen LogP) is 3.90. The van der Waals surface area contributed by atoms with Gasteiger partial charge in [0.1, 0.15) is 0 Å². The summed E-state index contributed by atoms with van der Waals surface area (Å²) in [5, 5.41) is 0. The van der Waals surface area contributed by atoms with Crippen molar-refractivity contribution >= 4 is 0 Å². The molecule has 0 bridgehead atoms. The number of likely N-dealkylation sites (N-methyl/N-ethyl adjacent to an activating group) is 1. The van der Waals surface area contributed by atoms with Gasteiger partial charge in [0.25, 0.3) is 0 Å². The maximum Gasteiger partial charge on any atom is 0.0339 e. The maximum absolute atomic E-state index is 6.27. The topological polar surface area (TPSA) is 29.3 Å². The lowest BCUT2D eigenvalue weighted by Gasteiger charge is -2.53. The molecule has 1 fully saturated rings. The average Bonchev–Trinajstić information content (AvgIpc) is 2.32. The first-order valence-corrected chi connectivity index (χ1v) is 8.23. The van der Waals surface area contributed by atoms with Crippen molar-refractivity contribution in [2.24, 2.45) is 23.0 Å². The predicted molar refractivity (Wildman–Crippen MR) is 85.3 cm³/mol. The molecule has 0 aromatic rings. The normalized spacial score (nSPS) is 32.5. The average molecular weight is 268 g/mol. The van der Waals surface area contributed by atoms with E-state index in [0.717, 1.165) is 24.9 Å². The number of rotatable bonds is 6. The van der Waals surface area contributed by atoms with E-state index in [1.807, 2.05) is 0 Å². The van der Waals surface area contributed by atoms with Crippen LogP contribution in [0.2, 0.25) is 0 Å². The highest BCUT2D eigenvalue weighted by Gasteiger charge is 2.45. The molecule has 0 aliphatic heterocycles. The van der Waals surface area contributed by atoms with Crippen LogP contribution in [0.3, 0.4) is 0 Å². The fourth-order valence-electron chi connectivity index (χ4n) is 4.39. The minimum Gasteiger partial charge on any atom is -0.329 e. The molecule has 3 unspecified atom stereocenters. The lowest BCUT2D eigenvalue weighted by Crippen LogP contribution is -2.59. The number of nitrogens with two attached hydrogens (primary N) is 1. The van der Waals surface area contributed by atoms with Gasteiger partial charge in [-0.2, -0.15) is 0 Å². The summed E-state index contributed by atoms with van der Waals surface area (Å²) >= 11 is 0. The summed E-state index contributed by atoms with van der Waals surface area (Å²) in [5.41, 5.74) is 6.94. The summed E-state index contributed by atoms with van der Waals surface area (Å²) in [6, 6.07) is 0. The molecule has 1 rings (SSSR count). The molecule has 2 nitrogen and oxygen atoms in total. The lowest BCUT2D eigenvalue weighted by atomic mass is 9.63. The van der Waals surface area contributed by atoms with E-state index >= 15 is 0 Å². The van der Waals surface area contributed by atoms with Gasteiger partial charge in [-0.25, -0.2) is 0 Å². The molecule has 19 heavy (non-hydrogen) atoms. The van der Waals surface area contributed by atoms with Crippen molar-refractivity contribution in [3.8, 4) is 0 Å². The van der Waals surface area contributed by atoms with Crippen molar-refractivity contribution < 1.29 is 0 Å². The summed E-state index contributed by atoms with van der Waals surface area (Å²) in [4.78, 5) is 2.69. The van der Waals surface area contributed by atoms with Crippen LogP contribution in [0, 0.1) is 17.3 Å².